The molecule has 1 heterocycles. The summed E-state index contributed by atoms with van der Waals surface area (Å²) in [7, 11) is 0. The summed E-state index contributed by atoms with van der Waals surface area (Å²) in [5, 5.41) is 7.87. The Morgan fingerprint density at radius 2 is 2.14 bits per heavy atom. The van der Waals surface area contributed by atoms with Crippen molar-refractivity contribution in [3.05, 3.63) is 35.9 Å². The molecule has 0 bridgehead atoms. The van der Waals surface area contributed by atoms with Crippen molar-refractivity contribution in [1.82, 2.24) is 0 Å². The van der Waals surface area contributed by atoms with Crippen LogP contribution < -0.4 is 0 Å². The van der Waals surface area contributed by atoms with Crippen LogP contribution in [0, 0.1) is 0 Å². The van der Waals surface area contributed by atoms with Crippen LogP contribution in [0.4, 0.5) is 0 Å². The lowest BCUT2D eigenvalue weighted by molar-refractivity contribution is 1.15. The smallest absolute Gasteiger partial charge is 0.161 e. The Kier molecular flexibility index (Phi) is 3.55. The first-order valence-electron chi connectivity index (χ1n) is 4.11. The van der Waals surface area contributed by atoms with Crippen LogP contribution in [-0.4, -0.2) is 9.03 Å². The van der Waals surface area contributed by atoms with Gasteiger partial charge in [-0.2, -0.15) is 5.11 Å². The van der Waals surface area contributed by atoms with Crippen molar-refractivity contribution in [2.75, 3.05) is 0 Å². The highest BCUT2D eigenvalue weighted by Crippen LogP contribution is 2.34. The summed E-state index contributed by atoms with van der Waals surface area (Å²) in [6.45, 7) is 0. The molecule has 2 rings (SSSR count). The average Bonchev–Trinajstić information content (AvgIpc) is 2.63. The third kappa shape index (κ3) is 2.80. The van der Waals surface area contributed by atoms with Crippen LogP contribution in [0.5, 0.6) is 0 Å². The second-order valence-corrected chi connectivity index (χ2v) is 5.78. The van der Waals surface area contributed by atoms with Gasteiger partial charge in [0.15, 0.2) is 9.03 Å². The highest BCUT2D eigenvalue weighted by molar-refractivity contribution is 8.30. The van der Waals surface area contributed by atoms with Crippen molar-refractivity contribution in [2.24, 2.45) is 10.2 Å². The Labute approximate surface area is 96.6 Å². The van der Waals surface area contributed by atoms with Crippen molar-refractivity contribution in [3.8, 4) is 0 Å². The second kappa shape index (κ2) is 4.91. The van der Waals surface area contributed by atoms with E-state index in [-0.39, 0.29) is 4.71 Å². The number of hydrogen-bond acceptors (Lipinski definition) is 4. The van der Waals surface area contributed by atoms with Crippen LogP contribution in [0.3, 0.4) is 0 Å². The van der Waals surface area contributed by atoms with Crippen LogP contribution in [-0.2, 0) is 5.75 Å². The molecule has 2 nitrogen and oxygen atoms in total. The lowest BCUT2D eigenvalue weighted by Crippen LogP contribution is -1.89. The summed E-state index contributed by atoms with van der Waals surface area (Å²) >= 11 is 8.22. The van der Waals surface area contributed by atoms with Gasteiger partial charge in [0, 0.05) is 5.75 Å². The lowest BCUT2D eigenvalue weighted by atomic mass is 10.2. The standard InChI is InChI=1S/C9H8N2S3/c12-8-10-11-9(14-8)13-6-7-4-2-1-3-5-7/h1-5,9H,6H2. The normalized spacial score (nSPS) is 20.3. The molecular formula is C9H8N2S3. The van der Waals surface area contributed by atoms with Gasteiger partial charge in [0.05, 0.1) is 0 Å². The first-order valence-corrected chi connectivity index (χ1v) is 6.45. The molecule has 0 spiro atoms. The highest BCUT2D eigenvalue weighted by Gasteiger charge is 2.17. The molecule has 0 fully saturated rings. The van der Waals surface area contributed by atoms with E-state index in [9.17, 15) is 0 Å². The van der Waals surface area contributed by atoms with Gasteiger partial charge in [-0.1, -0.05) is 42.1 Å². The maximum absolute atomic E-state index is 4.92. The molecule has 72 valence electrons. The van der Waals surface area contributed by atoms with Gasteiger partial charge in [0.2, 0.25) is 0 Å². The minimum atomic E-state index is 0.155. The van der Waals surface area contributed by atoms with Crippen molar-refractivity contribution in [3.63, 3.8) is 0 Å². The Bertz CT molecular complexity index is 350. The summed E-state index contributed by atoms with van der Waals surface area (Å²) in [5.74, 6) is 0.958. The number of rotatable bonds is 3. The average molecular weight is 240 g/mol. The molecule has 5 heteroatoms. The molecular weight excluding hydrogens is 232 g/mol. The zero-order valence-corrected chi connectivity index (χ0v) is 9.74. The molecule has 1 aliphatic heterocycles. The third-order valence-electron chi connectivity index (χ3n) is 1.67. The maximum Gasteiger partial charge on any atom is 0.184 e. The van der Waals surface area contributed by atoms with Gasteiger partial charge in [-0.3, -0.25) is 0 Å². The molecule has 1 aromatic rings. The molecule has 1 aliphatic rings. The minimum absolute atomic E-state index is 0.155. The van der Waals surface area contributed by atoms with Gasteiger partial charge >= 0.3 is 0 Å². The first kappa shape index (κ1) is 10.1. The highest BCUT2D eigenvalue weighted by atomic mass is 32.2. The van der Waals surface area contributed by atoms with Gasteiger partial charge in [-0.25, -0.2) is 0 Å². The number of thiocarbonyl (C=S) groups is 1. The molecule has 0 N–H and O–H groups in total. The monoisotopic (exact) mass is 240 g/mol. The number of thioether (sulfide) groups is 2. The van der Waals surface area contributed by atoms with Crippen LogP contribution >= 0.6 is 35.7 Å². The van der Waals surface area contributed by atoms with Crippen LogP contribution in [0.1, 0.15) is 5.56 Å². The Hall–Kier alpha value is -0.390. The minimum Gasteiger partial charge on any atom is -0.161 e. The van der Waals surface area contributed by atoms with E-state index in [1.54, 1.807) is 23.5 Å². The van der Waals surface area contributed by atoms with Crippen molar-refractivity contribution < 1.29 is 0 Å². The summed E-state index contributed by atoms with van der Waals surface area (Å²) in [5.41, 5.74) is 1.31. The molecule has 1 atom stereocenters. The molecule has 0 saturated heterocycles. The Morgan fingerprint density at radius 3 is 2.79 bits per heavy atom. The number of nitrogens with zero attached hydrogens (tertiary/aromatic N) is 2. The quantitative estimate of drug-likeness (QED) is 0.753. The lowest BCUT2D eigenvalue weighted by Gasteiger charge is -2.03. The van der Waals surface area contributed by atoms with Gasteiger partial charge in [0.25, 0.3) is 0 Å². The SMILES string of the molecule is S=C1N=NC(SCc2ccccc2)S1. The van der Waals surface area contributed by atoms with E-state index < -0.39 is 0 Å². The van der Waals surface area contributed by atoms with E-state index in [1.807, 2.05) is 18.2 Å². The summed E-state index contributed by atoms with van der Waals surface area (Å²) in [6.07, 6.45) is 0. The molecule has 14 heavy (non-hydrogen) atoms. The second-order valence-electron chi connectivity index (χ2n) is 2.70. The van der Waals surface area contributed by atoms with E-state index in [0.29, 0.717) is 4.32 Å². The van der Waals surface area contributed by atoms with Crippen LogP contribution in [0.2, 0.25) is 0 Å². The van der Waals surface area contributed by atoms with Gasteiger partial charge in [-0.15, -0.1) is 16.9 Å². The van der Waals surface area contributed by atoms with Gasteiger partial charge in [-0.05, 0) is 17.8 Å². The topological polar surface area (TPSA) is 24.7 Å². The molecule has 1 unspecified atom stereocenters. The first-order chi connectivity index (χ1) is 6.84. The Balaban J connectivity index is 1.84. The van der Waals surface area contributed by atoms with E-state index in [2.05, 4.69) is 22.4 Å². The molecule has 1 aromatic carbocycles. The molecule has 0 radical (unpaired) electrons. The van der Waals surface area contributed by atoms with E-state index in [0.717, 1.165) is 5.75 Å². The van der Waals surface area contributed by atoms with Crippen molar-refractivity contribution >= 4 is 40.1 Å². The third-order valence-corrected chi connectivity index (χ3v) is 4.20. The Morgan fingerprint density at radius 1 is 1.36 bits per heavy atom. The number of benzene rings is 1. The zero-order chi connectivity index (χ0) is 9.80. The predicted octanol–water partition coefficient (Wildman–Crippen LogP) is 3.69. The van der Waals surface area contributed by atoms with E-state index in [1.165, 1.54) is 5.56 Å². The predicted molar refractivity (Wildman–Crippen MR) is 66.6 cm³/mol. The van der Waals surface area contributed by atoms with Gasteiger partial charge in [0.1, 0.15) is 0 Å². The molecule has 0 aliphatic carbocycles. The summed E-state index contributed by atoms with van der Waals surface area (Å²) in [4.78, 5) is 0. The van der Waals surface area contributed by atoms with E-state index >= 15 is 0 Å². The fourth-order valence-electron chi connectivity index (χ4n) is 1.04. The largest absolute Gasteiger partial charge is 0.184 e. The fraction of sp³-hybridized carbons (Fsp3) is 0.222. The van der Waals surface area contributed by atoms with Crippen molar-refractivity contribution in [1.29, 1.82) is 0 Å². The zero-order valence-electron chi connectivity index (χ0n) is 7.29. The molecule has 0 saturated carbocycles. The maximum atomic E-state index is 4.92. The van der Waals surface area contributed by atoms with Gasteiger partial charge < -0.3 is 0 Å². The van der Waals surface area contributed by atoms with Crippen molar-refractivity contribution in [2.45, 2.75) is 10.5 Å². The summed E-state index contributed by atoms with van der Waals surface area (Å²) in [6, 6.07) is 10.3. The van der Waals surface area contributed by atoms with E-state index in [4.69, 9.17) is 12.2 Å². The fourth-order valence-corrected chi connectivity index (χ4v) is 3.29. The summed E-state index contributed by atoms with van der Waals surface area (Å²) < 4.78 is 0.804. The number of hydrogen-bond donors (Lipinski definition) is 0. The van der Waals surface area contributed by atoms with Crippen LogP contribution in [0.15, 0.2) is 40.6 Å². The molecule has 0 amide bonds. The molecule has 0 aromatic heterocycles. The number of azo groups is 1. The van der Waals surface area contributed by atoms with Crippen LogP contribution in [0.25, 0.3) is 0 Å².